The van der Waals surface area contributed by atoms with Crippen molar-refractivity contribution in [2.45, 2.75) is 69.4 Å². The van der Waals surface area contributed by atoms with Crippen molar-refractivity contribution < 1.29 is 4.43 Å². The molecule has 0 radical (unpaired) electrons. The Morgan fingerprint density at radius 3 is 2.60 bits per heavy atom. The molecule has 1 aromatic rings. The Balaban J connectivity index is 1.58. The topological polar surface area (TPSA) is 33.3 Å². The SMILES string of the molecule is CC(C)(C)[Si](C)(C)OC[C@]12CC[C@H]3CN[C@H]([C@H]31)[C@H](c1ccccc1)N2. The summed E-state index contributed by atoms with van der Waals surface area (Å²) in [6, 6.07) is 12.0. The van der Waals surface area contributed by atoms with Crippen molar-refractivity contribution in [3.63, 3.8) is 0 Å². The van der Waals surface area contributed by atoms with E-state index in [9.17, 15) is 0 Å². The van der Waals surface area contributed by atoms with Gasteiger partial charge in [0.15, 0.2) is 8.32 Å². The number of nitrogens with one attached hydrogen (secondary N) is 2. The zero-order valence-electron chi connectivity index (χ0n) is 16.4. The van der Waals surface area contributed by atoms with Gasteiger partial charge in [0, 0.05) is 23.5 Å². The lowest BCUT2D eigenvalue weighted by Gasteiger charge is -2.40. The molecule has 2 aliphatic heterocycles. The quantitative estimate of drug-likeness (QED) is 0.795. The summed E-state index contributed by atoms with van der Waals surface area (Å²) >= 11 is 0. The Hall–Kier alpha value is -0.683. The van der Waals surface area contributed by atoms with E-state index < -0.39 is 8.32 Å². The van der Waals surface area contributed by atoms with Crippen molar-refractivity contribution in [3.8, 4) is 0 Å². The molecule has 4 rings (SSSR count). The van der Waals surface area contributed by atoms with Crippen LogP contribution in [0.5, 0.6) is 0 Å². The van der Waals surface area contributed by atoms with E-state index in [1.165, 1.54) is 24.9 Å². The van der Waals surface area contributed by atoms with Gasteiger partial charge in [0.2, 0.25) is 0 Å². The van der Waals surface area contributed by atoms with E-state index in [1.54, 1.807) is 0 Å². The first kappa shape index (κ1) is 17.7. The van der Waals surface area contributed by atoms with Gasteiger partial charge in [0.1, 0.15) is 0 Å². The van der Waals surface area contributed by atoms with Gasteiger partial charge in [0.05, 0.1) is 6.61 Å². The number of rotatable bonds is 4. The van der Waals surface area contributed by atoms with Gasteiger partial charge in [-0.2, -0.15) is 0 Å². The fourth-order valence-corrected chi connectivity index (χ4v) is 6.15. The van der Waals surface area contributed by atoms with E-state index >= 15 is 0 Å². The standard InChI is InChI=1S/C21H34N2OSi/c1-20(2,3)25(4,5)24-14-21-12-11-16-13-22-19(17(16)21)18(23-21)15-9-7-6-8-10-15/h6-10,16-19,22-23H,11-14H2,1-5H3/t16-,17-,18-,19+,21+/m0/s1. The van der Waals surface area contributed by atoms with Gasteiger partial charge in [-0.05, 0) is 49.0 Å². The summed E-state index contributed by atoms with van der Waals surface area (Å²) in [5.74, 6) is 1.52. The Morgan fingerprint density at radius 2 is 1.92 bits per heavy atom. The van der Waals surface area contributed by atoms with Crippen LogP contribution in [-0.4, -0.2) is 33.0 Å². The van der Waals surface area contributed by atoms with E-state index in [-0.39, 0.29) is 10.6 Å². The third-order valence-electron chi connectivity index (χ3n) is 7.57. The predicted octanol–water partition coefficient (Wildman–Crippen LogP) is 4.09. The maximum absolute atomic E-state index is 6.74. The summed E-state index contributed by atoms with van der Waals surface area (Å²) in [7, 11) is -1.72. The highest BCUT2D eigenvalue weighted by Crippen LogP contribution is 2.54. The fourth-order valence-electron chi connectivity index (χ4n) is 5.10. The number of benzene rings is 1. The smallest absolute Gasteiger partial charge is 0.192 e. The second kappa shape index (κ2) is 5.91. The van der Waals surface area contributed by atoms with Gasteiger partial charge >= 0.3 is 0 Å². The largest absolute Gasteiger partial charge is 0.415 e. The zero-order chi connectivity index (χ0) is 17.9. The van der Waals surface area contributed by atoms with Crippen LogP contribution in [0.4, 0.5) is 0 Å². The third kappa shape index (κ3) is 2.82. The Bertz CT molecular complexity index is 627. The molecule has 2 N–H and O–H groups in total. The normalized spacial score (nSPS) is 37.5. The molecule has 0 spiro atoms. The monoisotopic (exact) mass is 358 g/mol. The third-order valence-corrected chi connectivity index (χ3v) is 12.0. The van der Waals surface area contributed by atoms with Crippen molar-refractivity contribution in [1.29, 1.82) is 0 Å². The van der Waals surface area contributed by atoms with Crippen molar-refractivity contribution in [1.82, 2.24) is 10.6 Å². The Labute approximate surface area is 154 Å². The molecule has 5 atom stereocenters. The average molecular weight is 359 g/mol. The molecular weight excluding hydrogens is 324 g/mol. The van der Waals surface area contributed by atoms with E-state index in [4.69, 9.17) is 4.43 Å². The maximum atomic E-state index is 6.74. The van der Waals surface area contributed by atoms with E-state index in [0.29, 0.717) is 18.0 Å². The average Bonchev–Trinajstić information content (AvgIpc) is 3.21. The first-order valence-corrected chi connectivity index (χ1v) is 12.8. The summed E-state index contributed by atoms with van der Waals surface area (Å²) in [5, 5.41) is 8.19. The minimum atomic E-state index is -1.72. The fraction of sp³-hybridized carbons (Fsp3) is 0.714. The molecule has 0 aromatic heterocycles. The predicted molar refractivity (Wildman–Crippen MR) is 106 cm³/mol. The van der Waals surface area contributed by atoms with Gasteiger partial charge < -0.3 is 15.1 Å². The molecule has 0 bridgehead atoms. The first-order chi connectivity index (χ1) is 11.7. The van der Waals surface area contributed by atoms with Crippen LogP contribution in [0.15, 0.2) is 30.3 Å². The number of hydrogen-bond acceptors (Lipinski definition) is 3. The molecule has 0 unspecified atom stereocenters. The van der Waals surface area contributed by atoms with E-state index in [2.05, 4.69) is 74.8 Å². The highest BCUT2D eigenvalue weighted by Gasteiger charge is 2.62. The van der Waals surface area contributed by atoms with Crippen molar-refractivity contribution in [2.24, 2.45) is 11.8 Å². The van der Waals surface area contributed by atoms with Gasteiger partial charge in [-0.15, -0.1) is 0 Å². The molecule has 25 heavy (non-hydrogen) atoms. The van der Waals surface area contributed by atoms with Crippen LogP contribution in [0.1, 0.15) is 45.2 Å². The molecule has 4 heteroatoms. The molecule has 1 aliphatic carbocycles. The lowest BCUT2D eigenvalue weighted by Crippen LogP contribution is -2.52. The maximum Gasteiger partial charge on any atom is 0.192 e. The molecule has 3 nitrogen and oxygen atoms in total. The molecule has 3 fully saturated rings. The van der Waals surface area contributed by atoms with Gasteiger partial charge in [-0.3, -0.25) is 0 Å². The van der Waals surface area contributed by atoms with Crippen LogP contribution in [0.2, 0.25) is 18.1 Å². The van der Waals surface area contributed by atoms with Crippen LogP contribution < -0.4 is 10.6 Å². The molecule has 138 valence electrons. The highest BCUT2D eigenvalue weighted by atomic mass is 28.4. The van der Waals surface area contributed by atoms with Crippen LogP contribution in [0, 0.1) is 11.8 Å². The molecule has 2 heterocycles. The second-order valence-corrected chi connectivity index (χ2v) is 14.8. The first-order valence-electron chi connectivity index (χ1n) is 9.94. The minimum Gasteiger partial charge on any atom is -0.415 e. The van der Waals surface area contributed by atoms with Gasteiger partial charge in [0.25, 0.3) is 0 Å². The van der Waals surface area contributed by atoms with E-state index in [1.807, 2.05) is 0 Å². The Morgan fingerprint density at radius 1 is 1.20 bits per heavy atom. The van der Waals surface area contributed by atoms with Crippen LogP contribution >= 0.6 is 0 Å². The lowest BCUT2D eigenvalue weighted by atomic mass is 9.83. The zero-order valence-corrected chi connectivity index (χ0v) is 17.4. The van der Waals surface area contributed by atoms with Crippen molar-refractivity contribution >= 4 is 8.32 Å². The summed E-state index contributed by atoms with van der Waals surface area (Å²) < 4.78 is 6.74. The summed E-state index contributed by atoms with van der Waals surface area (Å²) in [4.78, 5) is 0. The summed E-state index contributed by atoms with van der Waals surface area (Å²) in [5.41, 5.74) is 1.58. The van der Waals surface area contributed by atoms with Gasteiger partial charge in [-0.25, -0.2) is 0 Å². The van der Waals surface area contributed by atoms with Crippen molar-refractivity contribution in [3.05, 3.63) is 35.9 Å². The molecule has 1 aromatic carbocycles. The Kier molecular flexibility index (Phi) is 4.19. The molecule has 3 aliphatic rings. The minimum absolute atomic E-state index is 0.162. The van der Waals surface area contributed by atoms with Crippen LogP contribution in [-0.2, 0) is 4.43 Å². The molecule has 0 amide bonds. The van der Waals surface area contributed by atoms with Crippen LogP contribution in [0.25, 0.3) is 0 Å². The second-order valence-electron chi connectivity index (χ2n) is 10.00. The van der Waals surface area contributed by atoms with Gasteiger partial charge in [-0.1, -0.05) is 51.1 Å². The molecule has 1 saturated carbocycles. The van der Waals surface area contributed by atoms with Crippen molar-refractivity contribution in [2.75, 3.05) is 13.2 Å². The molecule has 2 saturated heterocycles. The number of hydrogen-bond donors (Lipinski definition) is 2. The lowest BCUT2D eigenvalue weighted by molar-refractivity contribution is 0.153. The molecular formula is C21H34N2OSi. The highest BCUT2D eigenvalue weighted by molar-refractivity contribution is 6.74. The summed E-state index contributed by atoms with van der Waals surface area (Å²) in [6.45, 7) is 13.8. The summed E-state index contributed by atoms with van der Waals surface area (Å²) in [6.07, 6.45) is 2.60. The van der Waals surface area contributed by atoms with E-state index in [0.717, 1.165) is 12.5 Å². The van der Waals surface area contributed by atoms with Crippen LogP contribution in [0.3, 0.4) is 0 Å².